The molecule has 0 fully saturated rings. The van der Waals surface area contributed by atoms with E-state index in [1.165, 1.54) is 16.7 Å². The van der Waals surface area contributed by atoms with Crippen LogP contribution < -0.4 is 10.1 Å². The average Bonchev–Trinajstić information content (AvgIpc) is 3.03. The third-order valence-electron chi connectivity index (χ3n) is 4.24. The van der Waals surface area contributed by atoms with Gasteiger partial charge in [-0.3, -0.25) is 0 Å². The summed E-state index contributed by atoms with van der Waals surface area (Å²) in [6.07, 6.45) is 2.12. The van der Waals surface area contributed by atoms with Crippen LogP contribution in [-0.4, -0.2) is 12.6 Å². The maximum absolute atomic E-state index is 6.07. The van der Waals surface area contributed by atoms with Crippen molar-refractivity contribution in [2.24, 2.45) is 0 Å². The Kier molecular flexibility index (Phi) is 2.94. The van der Waals surface area contributed by atoms with Gasteiger partial charge in [0, 0.05) is 16.6 Å². The lowest BCUT2D eigenvalue weighted by molar-refractivity contribution is 0.298. The number of nitrogens with one attached hydrogen (secondary N) is 1. The lowest BCUT2D eigenvalue weighted by atomic mass is 10.1. The van der Waals surface area contributed by atoms with E-state index in [4.69, 9.17) is 16.3 Å². The summed E-state index contributed by atoms with van der Waals surface area (Å²) in [5, 5.41) is 4.56. The molecule has 2 unspecified atom stereocenters. The van der Waals surface area contributed by atoms with E-state index in [1.807, 2.05) is 18.2 Å². The lowest BCUT2D eigenvalue weighted by Crippen LogP contribution is -2.34. The Bertz CT molecular complexity index is 655. The Morgan fingerprint density at radius 2 is 1.90 bits per heavy atom. The molecule has 1 aliphatic carbocycles. The summed E-state index contributed by atoms with van der Waals surface area (Å²) in [6.45, 7) is 0.729. The minimum atomic E-state index is 0.306. The molecule has 2 atom stereocenters. The normalized spacial score (nSPS) is 23.2. The van der Waals surface area contributed by atoms with Crippen molar-refractivity contribution >= 4 is 11.6 Å². The summed E-state index contributed by atoms with van der Waals surface area (Å²) in [5.41, 5.74) is 4.07. The van der Waals surface area contributed by atoms with Crippen LogP contribution in [0.25, 0.3) is 0 Å². The lowest BCUT2D eigenvalue weighted by Gasteiger charge is -2.17. The number of fused-ring (bicyclic) bond motifs is 2. The molecule has 0 amide bonds. The first-order chi connectivity index (χ1) is 9.79. The van der Waals surface area contributed by atoms with Crippen LogP contribution in [0.4, 0.5) is 0 Å². The van der Waals surface area contributed by atoms with Gasteiger partial charge in [0.05, 0.1) is 6.04 Å². The number of benzene rings is 2. The van der Waals surface area contributed by atoms with E-state index in [-0.39, 0.29) is 0 Å². The number of rotatable bonds is 2. The van der Waals surface area contributed by atoms with Crippen LogP contribution in [0.1, 0.15) is 22.7 Å². The highest BCUT2D eigenvalue weighted by molar-refractivity contribution is 6.30. The third kappa shape index (κ3) is 2.09. The van der Waals surface area contributed by atoms with Crippen LogP contribution >= 0.6 is 11.6 Å². The molecule has 20 heavy (non-hydrogen) atoms. The predicted molar refractivity (Wildman–Crippen MR) is 80.5 cm³/mol. The minimum Gasteiger partial charge on any atom is -0.491 e. The van der Waals surface area contributed by atoms with E-state index in [1.54, 1.807) is 0 Å². The maximum atomic E-state index is 6.07. The van der Waals surface area contributed by atoms with Crippen LogP contribution in [0.3, 0.4) is 0 Å². The van der Waals surface area contributed by atoms with Crippen molar-refractivity contribution in [3.05, 3.63) is 64.2 Å². The monoisotopic (exact) mass is 285 g/mol. The molecule has 1 heterocycles. The van der Waals surface area contributed by atoms with Gasteiger partial charge in [-0.1, -0.05) is 35.9 Å². The Balaban J connectivity index is 1.50. The van der Waals surface area contributed by atoms with Crippen molar-refractivity contribution in [2.75, 3.05) is 6.61 Å². The van der Waals surface area contributed by atoms with Gasteiger partial charge in [0.2, 0.25) is 0 Å². The second kappa shape index (κ2) is 4.80. The van der Waals surface area contributed by atoms with Crippen molar-refractivity contribution in [3.63, 3.8) is 0 Å². The Morgan fingerprint density at radius 1 is 1.05 bits per heavy atom. The molecule has 2 aliphatic rings. The highest BCUT2D eigenvalue weighted by Gasteiger charge is 2.29. The molecule has 2 nitrogen and oxygen atoms in total. The number of hydrogen-bond donors (Lipinski definition) is 1. The fraction of sp³-hybridized carbons (Fsp3) is 0.294. The molecule has 0 spiro atoms. The van der Waals surface area contributed by atoms with E-state index in [2.05, 4.69) is 29.6 Å². The fourth-order valence-corrected chi connectivity index (χ4v) is 3.48. The molecule has 1 aliphatic heterocycles. The number of para-hydroxylation sites is 1. The van der Waals surface area contributed by atoms with Crippen molar-refractivity contribution < 1.29 is 4.74 Å². The van der Waals surface area contributed by atoms with Crippen molar-refractivity contribution in [1.82, 2.24) is 5.32 Å². The SMILES string of the molecule is Clc1ccc2c(c1)CC(NC1COc3ccccc31)C2. The molecular formula is C17H16ClNO. The smallest absolute Gasteiger partial charge is 0.124 e. The standard InChI is InChI=1S/C17H16ClNO/c18-13-6-5-11-8-14(9-12(11)7-13)19-16-10-20-17-4-2-1-3-15(16)17/h1-7,14,16,19H,8-10H2. The summed E-state index contributed by atoms with van der Waals surface area (Å²) in [5.74, 6) is 1.02. The molecule has 0 radical (unpaired) electrons. The molecule has 4 rings (SSSR count). The van der Waals surface area contributed by atoms with E-state index < -0.39 is 0 Å². The van der Waals surface area contributed by atoms with Gasteiger partial charge in [-0.2, -0.15) is 0 Å². The average molecular weight is 286 g/mol. The zero-order valence-electron chi connectivity index (χ0n) is 11.1. The van der Waals surface area contributed by atoms with Crippen molar-refractivity contribution in [2.45, 2.75) is 24.9 Å². The molecule has 2 aromatic carbocycles. The summed E-state index contributed by atoms with van der Waals surface area (Å²) in [4.78, 5) is 0. The van der Waals surface area contributed by atoms with Crippen molar-refractivity contribution in [3.8, 4) is 5.75 Å². The van der Waals surface area contributed by atoms with Crippen molar-refractivity contribution in [1.29, 1.82) is 0 Å². The quantitative estimate of drug-likeness (QED) is 0.911. The predicted octanol–water partition coefficient (Wildman–Crippen LogP) is 3.53. The Morgan fingerprint density at radius 3 is 2.85 bits per heavy atom. The molecule has 3 heteroatoms. The topological polar surface area (TPSA) is 21.3 Å². The molecule has 0 aromatic heterocycles. The van der Waals surface area contributed by atoms with E-state index in [0.717, 1.165) is 30.2 Å². The third-order valence-corrected chi connectivity index (χ3v) is 4.47. The van der Waals surface area contributed by atoms with Crippen LogP contribution in [0.2, 0.25) is 5.02 Å². The number of hydrogen-bond acceptors (Lipinski definition) is 2. The minimum absolute atomic E-state index is 0.306. The van der Waals surface area contributed by atoms with Crippen LogP contribution in [-0.2, 0) is 12.8 Å². The molecule has 0 bridgehead atoms. The highest BCUT2D eigenvalue weighted by atomic mass is 35.5. The zero-order valence-corrected chi connectivity index (χ0v) is 11.9. The van der Waals surface area contributed by atoms with E-state index in [0.29, 0.717) is 12.1 Å². The zero-order chi connectivity index (χ0) is 13.5. The van der Waals surface area contributed by atoms with Crippen LogP contribution in [0, 0.1) is 0 Å². The summed E-state index contributed by atoms with van der Waals surface area (Å²) >= 11 is 6.07. The number of ether oxygens (including phenoxy) is 1. The largest absolute Gasteiger partial charge is 0.491 e. The first kappa shape index (κ1) is 12.2. The summed E-state index contributed by atoms with van der Waals surface area (Å²) in [7, 11) is 0. The van der Waals surface area contributed by atoms with Gasteiger partial charge in [-0.05, 0) is 42.2 Å². The van der Waals surface area contributed by atoms with Gasteiger partial charge >= 0.3 is 0 Å². The van der Waals surface area contributed by atoms with Crippen LogP contribution in [0.15, 0.2) is 42.5 Å². The van der Waals surface area contributed by atoms with Gasteiger partial charge in [0.25, 0.3) is 0 Å². The molecule has 2 aromatic rings. The highest BCUT2D eigenvalue weighted by Crippen LogP contribution is 2.33. The molecule has 1 N–H and O–H groups in total. The second-order valence-electron chi connectivity index (χ2n) is 5.59. The summed E-state index contributed by atoms with van der Waals surface area (Å²) < 4.78 is 5.73. The summed E-state index contributed by atoms with van der Waals surface area (Å²) in [6, 6.07) is 15.3. The Labute approximate surface area is 123 Å². The molecular weight excluding hydrogens is 270 g/mol. The van der Waals surface area contributed by atoms with E-state index in [9.17, 15) is 0 Å². The fourth-order valence-electron chi connectivity index (χ4n) is 3.29. The van der Waals surface area contributed by atoms with Crippen LogP contribution in [0.5, 0.6) is 5.75 Å². The Hall–Kier alpha value is -1.51. The number of halogens is 1. The molecule has 102 valence electrons. The van der Waals surface area contributed by atoms with Gasteiger partial charge in [0.1, 0.15) is 12.4 Å². The second-order valence-corrected chi connectivity index (χ2v) is 6.02. The van der Waals surface area contributed by atoms with Gasteiger partial charge in [0.15, 0.2) is 0 Å². The van der Waals surface area contributed by atoms with Gasteiger partial charge < -0.3 is 10.1 Å². The van der Waals surface area contributed by atoms with Gasteiger partial charge in [-0.15, -0.1) is 0 Å². The van der Waals surface area contributed by atoms with Gasteiger partial charge in [-0.25, -0.2) is 0 Å². The van der Waals surface area contributed by atoms with E-state index >= 15 is 0 Å². The molecule has 0 saturated carbocycles. The maximum Gasteiger partial charge on any atom is 0.124 e. The first-order valence-electron chi connectivity index (χ1n) is 7.05. The molecule has 0 saturated heterocycles. The first-order valence-corrected chi connectivity index (χ1v) is 7.42.